The molecule has 83 heavy (non-hydrogen) atoms. The summed E-state index contributed by atoms with van der Waals surface area (Å²) in [7, 11) is 1.01. The molecule has 436 valence electrons. The topological polar surface area (TPSA) is 243 Å². The van der Waals surface area contributed by atoms with Crippen LogP contribution in [0.3, 0.4) is 0 Å². The maximum absolute atomic E-state index is 15.0. The number of halogens is 6. The summed E-state index contributed by atoms with van der Waals surface area (Å²) in [6, 6.07) is 38.3. The van der Waals surface area contributed by atoms with Crippen molar-refractivity contribution in [3.05, 3.63) is 220 Å². The maximum Gasteiger partial charge on any atom is 0.408 e. The number of amides is 3. The number of hydrogen-bond donors (Lipinski definition) is 6. The lowest BCUT2D eigenvalue weighted by Crippen LogP contribution is -2.52. The van der Waals surface area contributed by atoms with Crippen LogP contribution in [0.1, 0.15) is 45.9 Å². The Balaban J connectivity index is 0.0000111. The Hall–Kier alpha value is -9.09. The number of methoxy groups -OCH3 is 1. The van der Waals surface area contributed by atoms with E-state index in [0.717, 1.165) is 12.7 Å². The molecule has 0 spiro atoms. The van der Waals surface area contributed by atoms with Gasteiger partial charge in [0.1, 0.15) is 50.1 Å². The molecule has 7 N–H and O–H groups in total. The predicted molar refractivity (Wildman–Crippen MR) is 292 cm³/mol. The van der Waals surface area contributed by atoms with Gasteiger partial charge in [0.15, 0.2) is 6.04 Å². The Morgan fingerprint density at radius 3 is 1.53 bits per heavy atom. The normalized spacial score (nSPS) is 12.6. The van der Waals surface area contributed by atoms with Crippen molar-refractivity contribution in [1.82, 2.24) is 16.0 Å². The van der Waals surface area contributed by atoms with E-state index in [-0.39, 0.29) is 79.1 Å². The van der Waals surface area contributed by atoms with Crippen LogP contribution in [0.2, 0.25) is 0 Å². The second-order valence-corrected chi connectivity index (χ2v) is 18.3. The van der Waals surface area contributed by atoms with Gasteiger partial charge in [0.25, 0.3) is 0 Å². The summed E-state index contributed by atoms with van der Waals surface area (Å²) in [5.74, 6) is -17.9. The highest BCUT2D eigenvalue weighted by Crippen LogP contribution is 2.36. The first-order valence-electron chi connectivity index (χ1n) is 25.2. The average Bonchev–Trinajstić information content (AvgIpc) is 3.60. The average molecular weight is 1170 g/mol. The van der Waals surface area contributed by atoms with Gasteiger partial charge >= 0.3 is 24.1 Å². The molecular weight excluding hydrogens is 1120 g/mol. The van der Waals surface area contributed by atoms with Gasteiger partial charge in [0, 0.05) is 18.5 Å². The van der Waals surface area contributed by atoms with Crippen molar-refractivity contribution in [2.45, 2.75) is 69.6 Å². The van der Waals surface area contributed by atoms with E-state index in [4.69, 9.17) is 34.2 Å². The zero-order valence-corrected chi connectivity index (χ0v) is 44.9. The lowest BCUT2D eigenvalue weighted by molar-refractivity contribution is -0.148. The minimum Gasteiger partial charge on any atom is -0.489 e. The molecule has 0 aliphatic carbocycles. The van der Waals surface area contributed by atoms with E-state index in [1.54, 1.807) is 133 Å². The van der Waals surface area contributed by atoms with Gasteiger partial charge in [0.05, 0.1) is 19.3 Å². The largest absolute Gasteiger partial charge is 0.489 e. The van der Waals surface area contributed by atoms with Gasteiger partial charge in [-0.25, -0.2) is 32.3 Å². The SMILES string of the molecule is COC(=O)[C@@H](NC(=O)[C@@H](N)C[C@@H](O)CNC(=O)OCc1ccccc1)[C@H](O)c1cc(-c2ccc(OCc3ccccc3)c(C[C@H](NC(=O)OCc3ccccc3)C(=O)Oc3c(F)c(F)c(F)c(F)c3F)c2)ccc1OCc1ccccc1.Cl. The first kappa shape index (κ1) is 63.1. The quantitative estimate of drug-likeness (QED) is 0.00783. The zero-order valence-electron chi connectivity index (χ0n) is 44.1. The Kier molecular flexibility index (Phi) is 23.3. The number of carbonyl (C=O) groups excluding carboxylic acids is 5. The minimum atomic E-state index is -2.51. The fraction of sp³-hybridized carbons (Fsp3) is 0.217. The summed E-state index contributed by atoms with van der Waals surface area (Å²) in [6.45, 7) is -0.844. The molecule has 0 aliphatic heterocycles. The van der Waals surface area contributed by atoms with Gasteiger partial charge in [-0.1, -0.05) is 133 Å². The number of nitrogens with one attached hydrogen (secondary N) is 3. The Morgan fingerprint density at radius 1 is 0.554 bits per heavy atom. The fourth-order valence-electron chi connectivity index (χ4n) is 8.08. The first-order valence-corrected chi connectivity index (χ1v) is 25.2. The van der Waals surface area contributed by atoms with Crippen molar-refractivity contribution in [2.24, 2.45) is 5.73 Å². The number of hydrogen-bond acceptors (Lipinski definition) is 14. The second-order valence-electron chi connectivity index (χ2n) is 18.3. The van der Waals surface area contributed by atoms with Gasteiger partial charge < -0.3 is 60.3 Å². The molecule has 5 atom stereocenters. The highest BCUT2D eigenvalue weighted by molar-refractivity contribution is 5.88. The van der Waals surface area contributed by atoms with Crippen molar-refractivity contribution < 1.29 is 84.6 Å². The second kappa shape index (κ2) is 30.6. The van der Waals surface area contributed by atoms with E-state index in [9.17, 15) is 56.1 Å². The Bertz CT molecular complexity index is 3290. The maximum atomic E-state index is 15.0. The minimum absolute atomic E-state index is 0. The van der Waals surface area contributed by atoms with E-state index >= 15 is 0 Å². The third kappa shape index (κ3) is 17.7. The lowest BCUT2D eigenvalue weighted by Gasteiger charge is -2.26. The standard InChI is InChI=1S/C60H55F5N4O13.ClH/c1-77-58(74)53(69-56(72)44(66)29-42(70)30-67-59(75)80-33-37-18-10-4-11-19-37)54(71)43-27-40(23-25-47(43)79-32-36-16-8-3-9-17-36)39-22-24-46(78-31-35-14-6-2-7-15-35)41(26-39)28-45(68-60(76)81-34-38-20-12-5-13-21-38)57(73)82-55-51(64)49(62)48(61)50(63)52(55)65;/h2-27,42,44-45,53-54,70-71H,28-34,66H2,1H3,(H,67,75)(H,68,76)(H,69,72);1H/t42-,44+,45+,53+,54-;/m1./s1. The van der Waals surface area contributed by atoms with Gasteiger partial charge in [-0.05, 0) is 69.6 Å². The van der Waals surface area contributed by atoms with E-state index in [0.29, 0.717) is 16.7 Å². The molecule has 0 fully saturated rings. The van der Waals surface area contributed by atoms with E-state index in [2.05, 4.69) is 16.0 Å². The third-order valence-corrected chi connectivity index (χ3v) is 12.4. The smallest absolute Gasteiger partial charge is 0.408 e. The lowest BCUT2D eigenvalue weighted by atomic mass is 9.94. The molecule has 7 rings (SSSR count). The molecule has 7 aromatic carbocycles. The van der Waals surface area contributed by atoms with Gasteiger partial charge in [-0.2, -0.15) is 8.78 Å². The van der Waals surface area contributed by atoms with Gasteiger partial charge in [0.2, 0.25) is 40.7 Å². The van der Waals surface area contributed by atoms with Crippen molar-refractivity contribution in [3.8, 4) is 28.4 Å². The number of aliphatic hydroxyl groups excluding tert-OH is 2. The van der Waals surface area contributed by atoms with Crippen molar-refractivity contribution in [3.63, 3.8) is 0 Å². The van der Waals surface area contributed by atoms with Crippen molar-refractivity contribution >= 4 is 42.4 Å². The zero-order chi connectivity index (χ0) is 58.7. The van der Waals surface area contributed by atoms with Crippen LogP contribution in [0.5, 0.6) is 17.2 Å². The molecular formula is C60H56ClF5N4O13. The summed E-state index contributed by atoms with van der Waals surface area (Å²) < 4.78 is 105. The molecule has 0 heterocycles. The van der Waals surface area contributed by atoms with Gasteiger partial charge in [-0.3, -0.25) is 4.79 Å². The molecule has 0 unspecified atom stereocenters. The number of aliphatic hydroxyl groups is 2. The number of carbonyl (C=O) groups is 5. The number of rotatable bonds is 25. The molecule has 3 amide bonds. The number of esters is 2. The number of alkyl carbamates (subject to hydrolysis) is 2. The molecule has 0 saturated carbocycles. The monoisotopic (exact) mass is 1170 g/mol. The third-order valence-electron chi connectivity index (χ3n) is 12.4. The highest BCUT2D eigenvalue weighted by atomic mass is 35.5. The van der Waals surface area contributed by atoms with Crippen LogP contribution in [-0.4, -0.2) is 78.1 Å². The molecule has 0 saturated heterocycles. The van der Waals surface area contributed by atoms with Crippen LogP contribution >= 0.6 is 12.4 Å². The Morgan fingerprint density at radius 2 is 1.01 bits per heavy atom. The van der Waals surface area contributed by atoms with Crippen molar-refractivity contribution in [1.29, 1.82) is 0 Å². The van der Waals surface area contributed by atoms with Crippen LogP contribution in [0, 0.1) is 29.1 Å². The molecule has 0 radical (unpaired) electrons. The van der Waals surface area contributed by atoms with Gasteiger partial charge in [-0.15, -0.1) is 12.4 Å². The van der Waals surface area contributed by atoms with E-state index < -0.39 is 108 Å². The highest BCUT2D eigenvalue weighted by Gasteiger charge is 2.36. The molecule has 0 aliphatic rings. The summed E-state index contributed by atoms with van der Waals surface area (Å²) in [5.41, 5.74) is 9.36. The molecule has 23 heteroatoms. The summed E-state index contributed by atoms with van der Waals surface area (Å²) >= 11 is 0. The fourth-order valence-corrected chi connectivity index (χ4v) is 8.08. The predicted octanol–water partition coefficient (Wildman–Crippen LogP) is 8.77. The number of ether oxygens (including phenoxy) is 6. The summed E-state index contributed by atoms with van der Waals surface area (Å²) in [4.78, 5) is 66.8. The summed E-state index contributed by atoms with van der Waals surface area (Å²) in [6.07, 6.45) is -6.51. The van der Waals surface area contributed by atoms with Crippen LogP contribution in [0.25, 0.3) is 11.1 Å². The first-order chi connectivity index (χ1) is 39.5. The van der Waals surface area contributed by atoms with Crippen LogP contribution in [-0.2, 0) is 61.4 Å². The van der Waals surface area contributed by atoms with Crippen LogP contribution < -0.4 is 35.9 Å². The molecule has 17 nitrogen and oxygen atoms in total. The number of nitrogens with two attached hydrogens (primary N) is 1. The summed E-state index contributed by atoms with van der Waals surface area (Å²) in [5, 5.41) is 30.0. The van der Waals surface area contributed by atoms with Crippen molar-refractivity contribution in [2.75, 3.05) is 13.7 Å². The Labute approximate surface area is 478 Å². The van der Waals surface area contributed by atoms with Crippen LogP contribution in [0.15, 0.2) is 158 Å². The molecule has 0 bridgehead atoms. The van der Waals surface area contributed by atoms with E-state index in [1.165, 1.54) is 24.3 Å². The molecule has 7 aromatic rings. The number of benzene rings is 7. The van der Waals surface area contributed by atoms with Crippen LogP contribution in [0.4, 0.5) is 31.5 Å². The molecule has 0 aromatic heterocycles. The van der Waals surface area contributed by atoms with E-state index in [1.807, 2.05) is 0 Å².